The van der Waals surface area contributed by atoms with E-state index in [1.807, 2.05) is 41.3 Å². The summed E-state index contributed by atoms with van der Waals surface area (Å²) in [4.78, 5) is 19.0. The maximum absolute atomic E-state index is 12.8. The van der Waals surface area contributed by atoms with E-state index in [-0.39, 0.29) is 5.91 Å². The second-order valence-electron chi connectivity index (χ2n) is 6.40. The third-order valence-electron chi connectivity index (χ3n) is 4.79. The van der Waals surface area contributed by atoms with Gasteiger partial charge in [-0.3, -0.25) is 4.79 Å². The van der Waals surface area contributed by atoms with Crippen molar-refractivity contribution in [1.82, 2.24) is 4.98 Å². The number of rotatable bonds is 4. The Morgan fingerprint density at radius 2 is 1.88 bits per heavy atom. The van der Waals surface area contributed by atoms with Crippen LogP contribution in [0, 0.1) is 0 Å². The van der Waals surface area contributed by atoms with Crippen molar-refractivity contribution in [3.05, 3.63) is 83.7 Å². The molecule has 4 nitrogen and oxygen atoms in total. The number of carbonyl (C=O) groups is 1. The number of fused-ring (bicyclic) bond motifs is 1. The Kier molecular flexibility index (Phi) is 4.40. The van der Waals surface area contributed by atoms with Crippen LogP contribution in [-0.4, -0.2) is 17.4 Å². The van der Waals surface area contributed by atoms with Crippen LogP contribution >= 0.6 is 0 Å². The fraction of sp³-hybridized carbons (Fsp3) is 0.182. The summed E-state index contributed by atoms with van der Waals surface area (Å²) < 4.78 is 0. The first kappa shape index (κ1) is 16.3. The fourth-order valence-electron chi connectivity index (χ4n) is 3.39. The molecule has 130 valence electrons. The summed E-state index contributed by atoms with van der Waals surface area (Å²) in [6.45, 7) is 2.85. The summed E-state index contributed by atoms with van der Waals surface area (Å²) in [5, 5.41) is 3.39. The lowest BCUT2D eigenvalue weighted by Crippen LogP contribution is -2.29. The molecule has 0 unspecified atom stereocenters. The predicted octanol–water partition coefficient (Wildman–Crippen LogP) is 4.59. The van der Waals surface area contributed by atoms with E-state index in [9.17, 15) is 4.79 Å². The molecule has 4 heteroatoms. The fourth-order valence-corrected chi connectivity index (χ4v) is 3.39. The van der Waals surface area contributed by atoms with E-state index < -0.39 is 0 Å². The van der Waals surface area contributed by atoms with Crippen molar-refractivity contribution in [2.45, 2.75) is 19.8 Å². The quantitative estimate of drug-likeness (QED) is 0.753. The monoisotopic (exact) mass is 343 g/mol. The molecular weight excluding hydrogens is 322 g/mol. The second kappa shape index (κ2) is 7.00. The van der Waals surface area contributed by atoms with Crippen LogP contribution in [0.3, 0.4) is 0 Å². The van der Waals surface area contributed by atoms with Gasteiger partial charge >= 0.3 is 0 Å². The summed E-state index contributed by atoms with van der Waals surface area (Å²) in [7, 11) is 0. The first-order valence-corrected chi connectivity index (χ1v) is 8.97. The zero-order valence-electron chi connectivity index (χ0n) is 14.8. The van der Waals surface area contributed by atoms with E-state index in [0.717, 1.165) is 29.9 Å². The number of para-hydroxylation sites is 2. The van der Waals surface area contributed by atoms with Crippen LogP contribution in [0.15, 0.2) is 66.9 Å². The number of aromatic nitrogens is 1. The number of carbonyl (C=O) groups excluding carboxylic acids is 1. The van der Waals surface area contributed by atoms with Crippen molar-refractivity contribution in [3.63, 3.8) is 0 Å². The molecular formula is C22H21N3O. The van der Waals surface area contributed by atoms with E-state index in [2.05, 4.69) is 35.4 Å². The van der Waals surface area contributed by atoms with E-state index in [1.165, 1.54) is 11.1 Å². The van der Waals surface area contributed by atoms with Crippen molar-refractivity contribution in [1.29, 1.82) is 0 Å². The zero-order valence-corrected chi connectivity index (χ0v) is 14.8. The Hall–Kier alpha value is -3.14. The third-order valence-corrected chi connectivity index (χ3v) is 4.79. The van der Waals surface area contributed by atoms with Crippen molar-refractivity contribution in [3.8, 4) is 0 Å². The van der Waals surface area contributed by atoms with Gasteiger partial charge in [0.15, 0.2) is 0 Å². The number of nitrogens with zero attached hydrogens (tertiary/aromatic N) is 2. The molecule has 0 radical (unpaired) electrons. The van der Waals surface area contributed by atoms with E-state index in [0.29, 0.717) is 12.2 Å². The molecule has 1 amide bonds. The average Bonchev–Trinajstić information content (AvgIpc) is 3.12. The number of aryl methyl sites for hydroxylation is 1. The van der Waals surface area contributed by atoms with Crippen molar-refractivity contribution in [2.24, 2.45) is 0 Å². The van der Waals surface area contributed by atoms with Gasteiger partial charge in [-0.25, -0.2) is 4.98 Å². The van der Waals surface area contributed by atoms with Crippen LogP contribution in [-0.2, 0) is 12.8 Å². The Balaban J connectivity index is 1.52. The van der Waals surface area contributed by atoms with Gasteiger partial charge in [-0.1, -0.05) is 43.3 Å². The molecule has 26 heavy (non-hydrogen) atoms. The summed E-state index contributed by atoms with van der Waals surface area (Å²) in [5.74, 6) is -0.0459. The van der Waals surface area contributed by atoms with Gasteiger partial charge in [0.25, 0.3) is 5.91 Å². The van der Waals surface area contributed by atoms with E-state index in [4.69, 9.17) is 0 Å². The van der Waals surface area contributed by atoms with Gasteiger partial charge < -0.3 is 10.2 Å². The molecule has 0 atom stereocenters. The van der Waals surface area contributed by atoms with Crippen LogP contribution in [0.4, 0.5) is 17.1 Å². The highest BCUT2D eigenvalue weighted by molar-refractivity contribution is 6.06. The highest BCUT2D eigenvalue weighted by Gasteiger charge is 2.25. The van der Waals surface area contributed by atoms with Gasteiger partial charge in [0, 0.05) is 17.9 Å². The SMILES string of the molecule is CCc1ccccc1Nc1ccc(C(=O)N2CCc3ccccc32)nc1. The molecule has 1 aliphatic rings. The van der Waals surface area contributed by atoms with Crippen molar-refractivity contribution < 1.29 is 4.79 Å². The van der Waals surface area contributed by atoms with E-state index >= 15 is 0 Å². The number of hydrogen-bond donors (Lipinski definition) is 1. The van der Waals surface area contributed by atoms with Crippen LogP contribution < -0.4 is 10.2 Å². The number of pyridine rings is 1. The summed E-state index contributed by atoms with van der Waals surface area (Å²) in [6.07, 6.45) is 3.58. The molecule has 4 rings (SSSR count). The molecule has 1 aliphatic heterocycles. The standard InChI is InChI=1S/C22H21N3O/c1-2-16-7-3-5-9-19(16)24-18-11-12-20(23-15-18)22(26)25-14-13-17-8-4-6-10-21(17)25/h3-12,15,24H,2,13-14H2,1H3. The molecule has 0 spiro atoms. The number of nitrogens with one attached hydrogen (secondary N) is 1. The van der Waals surface area contributed by atoms with Crippen LogP contribution in [0.25, 0.3) is 0 Å². The number of amides is 1. The first-order valence-electron chi connectivity index (χ1n) is 8.97. The summed E-state index contributed by atoms with van der Waals surface area (Å²) >= 11 is 0. The molecule has 0 fully saturated rings. The maximum atomic E-state index is 12.8. The first-order chi connectivity index (χ1) is 12.8. The number of benzene rings is 2. The van der Waals surface area contributed by atoms with Crippen LogP contribution in [0.1, 0.15) is 28.5 Å². The number of anilines is 3. The van der Waals surface area contributed by atoms with Crippen molar-refractivity contribution >= 4 is 23.0 Å². The largest absolute Gasteiger partial charge is 0.354 e. The maximum Gasteiger partial charge on any atom is 0.276 e. The smallest absolute Gasteiger partial charge is 0.276 e. The lowest BCUT2D eigenvalue weighted by Gasteiger charge is -2.17. The molecule has 0 saturated carbocycles. The Morgan fingerprint density at radius 3 is 2.69 bits per heavy atom. The summed E-state index contributed by atoms with van der Waals surface area (Å²) in [5.41, 5.74) is 5.89. The molecule has 0 saturated heterocycles. The summed E-state index contributed by atoms with van der Waals surface area (Å²) in [6, 6.07) is 20.0. The normalized spacial score (nSPS) is 12.7. The Labute approximate surface area is 153 Å². The lowest BCUT2D eigenvalue weighted by atomic mass is 10.1. The van der Waals surface area contributed by atoms with Gasteiger partial charge in [0.1, 0.15) is 5.69 Å². The average molecular weight is 343 g/mol. The topological polar surface area (TPSA) is 45.2 Å². The second-order valence-corrected chi connectivity index (χ2v) is 6.40. The molecule has 2 heterocycles. The minimum absolute atomic E-state index is 0.0459. The highest BCUT2D eigenvalue weighted by Crippen LogP contribution is 2.29. The molecule has 3 aromatic rings. The van der Waals surface area contributed by atoms with Crippen molar-refractivity contribution in [2.75, 3.05) is 16.8 Å². The van der Waals surface area contributed by atoms with Gasteiger partial charge in [0.05, 0.1) is 11.9 Å². The van der Waals surface area contributed by atoms with Crippen LogP contribution in [0.2, 0.25) is 0 Å². The molecule has 1 N–H and O–H groups in total. The van der Waals surface area contributed by atoms with Gasteiger partial charge in [-0.2, -0.15) is 0 Å². The third kappa shape index (κ3) is 3.06. The van der Waals surface area contributed by atoms with Gasteiger partial charge in [-0.05, 0) is 48.2 Å². The highest BCUT2D eigenvalue weighted by atomic mass is 16.2. The Morgan fingerprint density at radius 1 is 1.08 bits per heavy atom. The predicted molar refractivity (Wildman–Crippen MR) is 105 cm³/mol. The Bertz CT molecular complexity index is 934. The molecule has 0 aliphatic carbocycles. The van der Waals surface area contributed by atoms with Gasteiger partial charge in [0.2, 0.25) is 0 Å². The minimum Gasteiger partial charge on any atom is -0.354 e. The van der Waals surface area contributed by atoms with Crippen LogP contribution in [0.5, 0.6) is 0 Å². The molecule has 0 bridgehead atoms. The van der Waals surface area contributed by atoms with E-state index in [1.54, 1.807) is 12.3 Å². The number of hydrogen-bond acceptors (Lipinski definition) is 3. The lowest BCUT2D eigenvalue weighted by molar-refractivity contribution is 0.0984. The van der Waals surface area contributed by atoms with Gasteiger partial charge in [-0.15, -0.1) is 0 Å². The minimum atomic E-state index is -0.0459. The molecule has 2 aromatic carbocycles. The molecule has 1 aromatic heterocycles. The zero-order chi connectivity index (χ0) is 17.9.